The molecule has 0 aromatic heterocycles. The van der Waals surface area contributed by atoms with Gasteiger partial charge in [-0.1, -0.05) is 27.7 Å². The number of nitrogens with one attached hydrogen (secondary N) is 7. The van der Waals surface area contributed by atoms with Crippen molar-refractivity contribution >= 4 is 59.2 Å². The third-order valence-corrected chi connectivity index (χ3v) is 8.29. The van der Waals surface area contributed by atoms with Crippen molar-refractivity contribution < 1.29 is 63.6 Å². The van der Waals surface area contributed by atoms with Crippen LogP contribution in [0.5, 0.6) is 0 Å². The Hall–Kier alpha value is -5.62. The van der Waals surface area contributed by atoms with Crippen LogP contribution in [0.4, 0.5) is 0 Å². The Bertz CT molecular complexity index is 1500. The Morgan fingerprint density at radius 1 is 0.593 bits per heavy atom. The molecule has 0 fully saturated rings. The maximum Gasteiger partial charge on any atom is 0.326 e. The van der Waals surface area contributed by atoms with Crippen molar-refractivity contribution in [1.82, 2.24) is 37.2 Å². The summed E-state index contributed by atoms with van der Waals surface area (Å²) in [5.74, 6) is -9.93. The number of carboxylic acid groups (broad SMARTS) is 2. The van der Waals surface area contributed by atoms with Gasteiger partial charge in [0.25, 0.3) is 0 Å². The topological polar surface area (TPSA) is 409 Å². The first kappa shape index (κ1) is 53.4. The maximum atomic E-state index is 13.2. The Kier molecular flexibility index (Phi) is 23.9. The first-order valence-corrected chi connectivity index (χ1v) is 19.0. The summed E-state index contributed by atoms with van der Waals surface area (Å²) in [5.41, 5.74) is 16.3. The zero-order valence-electron chi connectivity index (χ0n) is 34.4. The Morgan fingerprint density at radius 3 is 1.59 bits per heavy atom. The lowest BCUT2D eigenvalue weighted by atomic mass is 10.0. The number of rotatable bonds is 27. The van der Waals surface area contributed by atoms with Gasteiger partial charge in [0, 0.05) is 6.54 Å². The number of hydrogen-bond donors (Lipinski definition) is 14. The molecule has 336 valence electrons. The Labute approximate surface area is 342 Å². The van der Waals surface area contributed by atoms with E-state index in [-0.39, 0.29) is 50.0 Å². The molecule has 24 heteroatoms. The molecular formula is C35H63N11O13. The van der Waals surface area contributed by atoms with Gasteiger partial charge in [-0.25, -0.2) is 4.79 Å². The molecule has 59 heavy (non-hydrogen) atoms. The molecule has 0 bridgehead atoms. The number of aliphatic hydroxyl groups is 2. The van der Waals surface area contributed by atoms with E-state index in [9.17, 15) is 63.6 Å². The predicted molar refractivity (Wildman–Crippen MR) is 210 cm³/mol. The molecule has 0 saturated heterocycles. The summed E-state index contributed by atoms with van der Waals surface area (Å²) in [4.78, 5) is 117. The van der Waals surface area contributed by atoms with Gasteiger partial charge < -0.3 is 74.8 Å². The van der Waals surface area contributed by atoms with Crippen LogP contribution < -0.4 is 54.4 Å². The molecule has 9 atom stereocenters. The summed E-state index contributed by atoms with van der Waals surface area (Å²) in [6.45, 7) is 9.91. The van der Waals surface area contributed by atoms with Crippen molar-refractivity contribution in [2.45, 2.75) is 135 Å². The zero-order valence-corrected chi connectivity index (χ0v) is 34.4. The summed E-state index contributed by atoms with van der Waals surface area (Å²) >= 11 is 0. The quantitative estimate of drug-likeness (QED) is 0.0209. The summed E-state index contributed by atoms with van der Waals surface area (Å²) < 4.78 is 0. The molecule has 0 aliphatic carbocycles. The van der Waals surface area contributed by atoms with Crippen LogP contribution >= 0.6 is 0 Å². The number of carbonyl (C=O) groups is 9. The lowest BCUT2D eigenvalue weighted by Gasteiger charge is -2.27. The van der Waals surface area contributed by atoms with Gasteiger partial charge in [0.05, 0.1) is 31.2 Å². The van der Waals surface area contributed by atoms with Gasteiger partial charge in [-0.3, -0.25) is 43.3 Å². The monoisotopic (exact) mass is 845 g/mol. The second kappa shape index (κ2) is 26.4. The highest BCUT2D eigenvalue weighted by Crippen LogP contribution is 2.08. The van der Waals surface area contributed by atoms with E-state index in [1.54, 1.807) is 13.8 Å². The van der Waals surface area contributed by atoms with Crippen molar-refractivity contribution in [3.8, 4) is 0 Å². The van der Waals surface area contributed by atoms with Crippen LogP contribution in [0.1, 0.15) is 80.6 Å². The summed E-state index contributed by atoms with van der Waals surface area (Å²) in [6, 6.07) is -10.1. The van der Waals surface area contributed by atoms with Crippen molar-refractivity contribution in [3.05, 3.63) is 0 Å². The average Bonchev–Trinajstić information content (AvgIpc) is 3.10. The van der Waals surface area contributed by atoms with Crippen molar-refractivity contribution in [1.29, 1.82) is 0 Å². The molecule has 0 radical (unpaired) electrons. The predicted octanol–water partition coefficient (Wildman–Crippen LogP) is -5.17. The van der Waals surface area contributed by atoms with Gasteiger partial charge in [0.1, 0.15) is 36.3 Å². The van der Waals surface area contributed by atoms with Gasteiger partial charge in [-0.05, 0) is 58.3 Å². The maximum absolute atomic E-state index is 13.2. The summed E-state index contributed by atoms with van der Waals surface area (Å²) in [5, 5.41) is 55.3. The first-order chi connectivity index (χ1) is 27.3. The standard InChI is InChI=1S/C35H63N11O13/c1-15(2)11-20(36)29(53)44-23(13-25(50)51)31(55)41-17(5)28(52)43-22(12-16(3)4)30(54)40-14-24(49)45-26(18(6)47)33(57)46-27(19(7)48)32(56)42-21(34(58)59)9-8-10-39-35(37)38/h15-23,26-27,47-48H,8-14,36H2,1-7H3,(H,40,54)(H,41,55)(H,42,56)(H,43,52)(H,44,53)(H,45,49)(H,46,57)(H,50,51)(H,58,59)(H4,37,38,39)/t17-,18+,19+,20-,21-,22-,23-,26-,27-/m0/s1. The van der Waals surface area contributed by atoms with E-state index < -0.39 is 121 Å². The van der Waals surface area contributed by atoms with E-state index >= 15 is 0 Å². The molecular weight excluding hydrogens is 782 g/mol. The minimum Gasteiger partial charge on any atom is -0.481 e. The zero-order chi connectivity index (χ0) is 45.7. The number of nitrogens with zero attached hydrogens (tertiary/aromatic N) is 1. The molecule has 24 nitrogen and oxygen atoms in total. The average molecular weight is 846 g/mol. The third-order valence-electron chi connectivity index (χ3n) is 8.29. The molecule has 0 aromatic rings. The molecule has 0 aliphatic rings. The molecule has 0 saturated carbocycles. The van der Waals surface area contributed by atoms with E-state index in [4.69, 9.17) is 17.2 Å². The van der Waals surface area contributed by atoms with E-state index in [1.165, 1.54) is 6.92 Å². The van der Waals surface area contributed by atoms with Gasteiger partial charge >= 0.3 is 11.9 Å². The van der Waals surface area contributed by atoms with Crippen LogP contribution in [-0.2, 0) is 43.2 Å². The molecule has 0 unspecified atom stereocenters. The number of aliphatic imine (C=N–C) groups is 1. The summed E-state index contributed by atoms with van der Waals surface area (Å²) in [7, 11) is 0. The number of nitrogens with two attached hydrogens (primary N) is 3. The number of amides is 7. The fourth-order valence-corrected chi connectivity index (χ4v) is 5.25. The third kappa shape index (κ3) is 21.6. The largest absolute Gasteiger partial charge is 0.481 e. The minimum atomic E-state index is -1.74. The van der Waals surface area contributed by atoms with Gasteiger partial charge in [0.15, 0.2) is 5.96 Å². The van der Waals surface area contributed by atoms with E-state index in [1.807, 2.05) is 13.8 Å². The molecule has 0 aromatic carbocycles. The Balaban J connectivity index is 5.63. The van der Waals surface area contributed by atoms with Crippen LogP contribution in [0.2, 0.25) is 0 Å². The molecule has 0 rings (SSSR count). The highest BCUT2D eigenvalue weighted by atomic mass is 16.4. The van der Waals surface area contributed by atoms with Crippen LogP contribution in [0.3, 0.4) is 0 Å². The second-order valence-corrected chi connectivity index (χ2v) is 14.9. The highest BCUT2D eigenvalue weighted by Gasteiger charge is 2.35. The lowest BCUT2D eigenvalue weighted by Crippen LogP contribution is -2.61. The number of guanidine groups is 1. The minimum absolute atomic E-state index is 0.0318. The van der Waals surface area contributed by atoms with E-state index in [0.29, 0.717) is 0 Å². The second-order valence-electron chi connectivity index (χ2n) is 14.9. The van der Waals surface area contributed by atoms with Gasteiger partial charge in [-0.2, -0.15) is 0 Å². The van der Waals surface area contributed by atoms with Gasteiger partial charge in [0.2, 0.25) is 41.4 Å². The SMILES string of the molecule is CC(C)C[C@H](NC(=O)[C@H](C)NC(=O)[C@H](CC(=O)O)NC(=O)[C@@H](N)CC(C)C)C(=O)NCC(=O)N[C@H](C(=O)N[C@H](C(=O)N[C@@H](CCCN=C(N)N)C(=O)O)[C@@H](C)O)[C@@H](C)O. The van der Waals surface area contributed by atoms with Crippen LogP contribution in [0.25, 0.3) is 0 Å². The normalized spacial score (nSPS) is 15.7. The highest BCUT2D eigenvalue weighted by molar-refractivity contribution is 5.97. The lowest BCUT2D eigenvalue weighted by molar-refractivity contribution is -0.143. The summed E-state index contributed by atoms with van der Waals surface area (Å²) in [6.07, 6.45) is -3.62. The molecule has 0 aliphatic heterocycles. The number of aliphatic hydroxyl groups excluding tert-OH is 2. The van der Waals surface area contributed by atoms with E-state index in [0.717, 1.165) is 13.8 Å². The molecule has 0 spiro atoms. The van der Waals surface area contributed by atoms with Crippen LogP contribution in [0.15, 0.2) is 4.99 Å². The number of carboxylic acids is 2. The number of hydrogen-bond acceptors (Lipinski definition) is 13. The molecule has 7 amide bonds. The van der Waals surface area contributed by atoms with Crippen molar-refractivity contribution in [3.63, 3.8) is 0 Å². The van der Waals surface area contributed by atoms with Crippen molar-refractivity contribution in [2.75, 3.05) is 13.1 Å². The fraction of sp³-hybridized carbons (Fsp3) is 0.714. The molecule has 0 heterocycles. The van der Waals surface area contributed by atoms with Crippen LogP contribution in [-0.4, -0.2) is 147 Å². The number of aliphatic carboxylic acids is 2. The van der Waals surface area contributed by atoms with Crippen LogP contribution in [0, 0.1) is 11.8 Å². The smallest absolute Gasteiger partial charge is 0.326 e. The Morgan fingerprint density at radius 2 is 1.10 bits per heavy atom. The number of carbonyl (C=O) groups excluding carboxylic acids is 7. The molecule has 17 N–H and O–H groups in total. The van der Waals surface area contributed by atoms with Crippen molar-refractivity contribution in [2.24, 2.45) is 34.0 Å². The first-order valence-electron chi connectivity index (χ1n) is 19.0. The fourth-order valence-electron chi connectivity index (χ4n) is 5.25. The van der Waals surface area contributed by atoms with Gasteiger partial charge in [-0.15, -0.1) is 0 Å². The van der Waals surface area contributed by atoms with E-state index in [2.05, 4.69) is 42.2 Å².